The highest BCUT2D eigenvalue weighted by molar-refractivity contribution is 9.11. The fourth-order valence-corrected chi connectivity index (χ4v) is 3.49. The minimum Gasteiger partial charge on any atom is -0.306 e. The number of nitrogens with one attached hydrogen (secondary N) is 1. The van der Waals surface area contributed by atoms with Crippen LogP contribution in [-0.4, -0.2) is 6.54 Å². The standard InChI is InChI=1S/C14H15BrFNS/c1-3-17-14(12-6-7-13(15)18-12)11-8-10(16)5-4-9(11)2/h4-8,14,17H,3H2,1-2H3. The van der Waals surface area contributed by atoms with E-state index in [1.54, 1.807) is 17.4 Å². The quantitative estimate of drug-likeness (QED) is 0.861. The molecule has 0 aliphatic heterocycles. The smallest absolute Gasteiger partial charge is 0.123 e. The Morgan fingerprint density at radius 3 is 2.72 bits per heavy atom. The van der Waals surface area contributed by atoms with E-state index in [4.69, 9.17) is 0 Å². The lowest BCUT2D eigenvalue weighted by molar-refractivity contribution is 0.604. The van der Waals surface area contributed by atoms with Crippen LogP contribution in [0.25, 0.3) is 0 Å². The van der Waals surface area contributed by atoms with Gasteiger partial charge in [-0.25, -0.2) is 4.39 Å². The van der Waals surface area contributed by atoms with Crippen LogP contribution in [-0.2, 0) is 0 Å². The average molecular weight is 328 g/mol. The van der Waals surface area contributed by atoms with E-state index in [2.05, 4.69) is 34.2 Å². The van der Waals surface area contributed by atoms with Gasteiger partial charge in [0.25, 0.3) is 0 Å². The van der Waals surface area contributed by atoms with Crippen LogP contribution < -0.4 is 5.32 Å². The van der Waals surface area contributed by atoms with Crippen molar-refractivity contribution in [2.24, 2.45) is 0 Å². The molecule has 1 aromatic carbocycles. The minimum absolute atomic E-state index is 0.0574. The van der Waals surface area contributed by atoms with E-state index >= 15 is 0 Å². The predicted molar refractivity (Wildman–Crippen MR) is 78.7 cm³/mol. The van der Waals surface area contributed by atoms with E-state index in [0.29, 0.717) is 0 Å². The molecular formula is C14H15BrFNS. The SMILES string of the molecule is CCNC(c1ccc(Br)s1)c1cc(F)ccc1C. The van der Waals surface area contributed by atoms with Crippen molar-refractivity contribution in [2.45, 2.75) is 19.9 Å². The van der Waals surface area contributed by atoms with Gasteiger partial charge in [-0.3, -0.25) is 0 Å². The van der Waals surface area contributed by atoms with Crippen molar-refractivity contribution in [1.29, 1.82) is 0 Å². The van der Waals surface area contributed by atoms with Crippen LogP contribution in [0.15, 0.2) is 34.1 Å². The molecule has 0 bridgehead atoms. The number of thiophene rings is 1. The zero-order chi connectivity index (χ0) is 13.1. The van der Waals surface area contributed by atoms with E-state index in [9.17, 15) is 4.39 Å². The summed E-state index contributed by atoms with van der Waals surface area (Å²) in [4.78, 5) is 1.19. The van der Waals surface area contributed by atoms with Gasteiger partial charge in [0.15, 0.2) is 0 Å². The van der Waals surface area contributed by atoms with E-state index in [1.807, 2.05) is 19.1 Å². The van der Waals surface area contributed by atoms with Crippen LogP contribution in [0.5, 0.6) is 0 Å². The third kappa shape index (κ3) is 2.99. The molecule has 1 heterocycles. The fourth-order valence-electron chi connectivity index (χ4n) is 1.97. The summed E-state index contributed by atoms with van der Waals surface area (Å²) in [5.41, 5.74) is 2.11. The van der Waals surface area contributed by atoms with Crippen LogP contribution in [0.1, 0.15) is 29.0 Å². The summed E-state index contributed by atoms with van der Waals surface area (Å²) in [6.45, 7) is 4.92. The molecule has 96 valence electrons. The lowest BCUT2D eigenvalue weighted by Crippen LogP contribution is -2.22. The summed E-state index contributed by atoms with van der Waals surface area (Å²) in [5.74, 6) is -0.186. The molecule has 1 aromatic heterocycles. The second-order valence-corrected chi connectivity index (χ2v) is 6.63. The van der Waals surface area contributed by atoms with Gasteiger partial charge in [0.2, 0.25) is 0 Å². The number of rotatable bonds is 4. The second kappa shape index (κ2) is 5.95. The first kappa shape index (κ1) is 13.7. The first-order valence-corrected chi connectivity index (χ1v) is 7.47. The Bertz CT molecular complexity index is 538. The number of benzene rings is 1. The van der Waals surface area contributed by atoms with Crippen LogP contribution in [0, 0.1) is 12.7 Å². The topological polar surface area (TPSA) is 12.0 Å². The monoisotopic (exact) mass is 327 g/mol. The summed E-state index contributed by atoms with van der Waals surface area (Å²) in [6.07, 6.45) is 0. The summed E-state index contributed by atoms with van der Waals surface area (Å²) in [5, 5.41) is 3.42. The Hall–Kier alpha value is -0.710. The molecule has 1 atom stereocenters. The Balaban J connectivity index is 2.44. The molecule has 2 rings (SSSR count). The lowest BCUT2D eigenvalue weighted by atomic mass is 10.00. The maximum absolute atomic E-state index is 13.4. The molecule has 0 fully saturated rings. The normalized spacial score (nSPS) is 12.7. The van der Waals surface area contributed by atoms with E-state index in [1.165, 1.54) is 10.9 Å². The molecule has 4 heteroatoms. The Labute approximate surface area is 119 Å². The molecule has 1 nitrogen and oxygen atoms in total. The van der Waals surface area contributed by atoms with E-state index < -0.39 is 0 Å². The maximum Gasteiger partial charge on any atom is 0.123 e. The molecule has 2 aromatic rings. The summed E-state index contributed by atoms with van der Waals surface area (Å²) >= 11 is 5.15. The largest absolute Gasteiger partial charge is 0.306 e. The first-order valence-electron chi connectivity index (χ1n) is 5.86. The van der Waals surface area contributed by atoms with Gasteiger partial charge in [-0.1, -0.05) is 13.0 Å². The fraction of sp³-hybridized carbons (Fsp3) is 0.286. The van der Waals surface area contributed by atoms with Crippen molar-refractivity contribution >= 4 is 27.3 Å². The number of halogens is 2. The van der Waals surface area contributed by atoms with Gasteiger partial charge in [-0.15, -0.1) is 11.3 Å². The van der Waals surface area contributed by atoms with Crippen LogP contribution in [0.2, 0.25) is 0 Å². The second-order valence-electron chi connectivity index (χ2n) is 4.13. The number of hydrogen-bond donors (Lipinski definition) is 1. The highest BCUT2D eigenvalue weighted by Crippen LogP contribution is 2.32. The van der Waals surface area contributed by atoms with Gasteiger partial charge in [-0.2, -0.15) is 0 Å². The highest BCUT2D eigenvalue weighted by atomic mass is 79.9. The molecule has 0 aliphatic carbocycles. The molecule has 0 aliphatic rings. The van der Waals surface area contributed by atoms with E-state index in [-0.39, 0.29) is 11.9 Å². The third-order valence-corrected chi connectivity index (χ3v) is 4.53. The number of hydrogen-bond acceptors (Lipinski definition) is 2. The van der Waals surface area contributed by atoms with Crippen molar-refractivity contribution in [3.05, 3.63) is 55.9 Å². The maximum atomic E-state index is 13.4. The zero-order valence-corrected chi connectivity index (χ0v) is 12.7. The Kier molecular flexibility index (Phi) is 4.54. The predicted octanol–water partition coefficient (Wildman–Crippen LogP) is 4.66. The molecule has 1 N–H and O–H groups in total. The molecular weight excluding hydrogens is 313 g/mol. The molecule has 0 radical (unpaired) electrons. The van der Waals surface area contributed by atoms with Crippen LogP contribution in [0.3, 0.4) is 0 Å². The Morgan fingerprint density at radius 2 is 2.11 bits per heavy atom. The number of aryl methyl sites for hydroxylation is 1. The van der Waals surface area contributed by atoms with Gasteiger partial charge in [0, 0.05) is 4.88 Å². The van der Waals surface area contributed by atoms with Crippen molar-refractivity contribution in [2.75, 3.05) is 6.54 Å². The molecule has 0 amide bonds. The van der Waals surface area contributed by atoms with Gasteiger partial charge in [0.05, 0.1) is 9.83 Å². The molecule has 1 unspecified atom stereocenters. The van der Waals surface area contributed by atoms with Gasteiger partial charge in [-0.05, 0) is 64.8 Å². The minimum atomic E-state index is -0.186. The van der Waals surface area contributed by atoms with Crippen LogP contribution >= 0.6 is 27.3 Å². The summed E-state index contributed by atoms with van der Waals surface area (Å²) in [6, 6.07) is 9.12. The molecule has 0 saturated heterocycles. The molecule has 0 saturated carbocycles. The van der Waals surface area contributed by atoms with Crippen LogP contribution in [0.4, 0.5) is 4.39 Å². The van der Waals surface area contributed by atoms with Gasteiger partial charge in [0.1, 0.15) is 5.82 Å². The lowest BCUT2D eigenvalue weighted by Gasteiger charge is -2.19. The molecule has 18 heavy (non-hydrogen) atoms. The van der Waals surface area contributed by atoms with Gasteiger partial charge < -0.3 is 5.32 Å². The highest BCUT2D eigenvalue weighted by Gasteiger charge is 2.17. The zero-order valence-electron chi connectivity index (χ0n) is 10.3. The first-order chi connectivity index (χ1) is 8.61. The van der Waals surface area contributed by atoms with Crippen molar-refractivity contribution in [1.82, 2.24) is 5.32 Å². The van der Waals surface area contributed by atoms with Gasteiger partial charge >= 0.3 is 0 Å². The summed E-state index contributed by atoms with van der Waals surface area (Å²) in [7, 11) is 0. The van der Waals surface area contributed by atoms with Crippen molar-refractivity contribution < 1.29 is 4.39 Å². The summed E-state index contributed by atoms with van der Waals surface area (Å²) < 4.78 is 14.5. The van der Waals surface area contributed by atoms with Crippen molar-refractivity contribution in [3.63, 3.8) is 0 Å². The average Bonchev–Trinajstić information content (AvgIpc) is 2.76. The van der Waals surface area contributed by atoms with Crippen molar-refractivity contribution in [3.8, 4) is 0 Å². The van der Waals surface area contributed by atoms with E-state index in [0.717, 1.165) is 21.5 Å². The molecule has 0 spiro atoms. The third-order valence-electron chi connectivity index (χ3n) is 2.84. The Morgan fingerprint density at radius 1 is 1.33 bits per heavy atom.